The summed E-state index contributed by atoms with van der Waals surface area (Å²) in [5.74, 6) is 0.338. The van der Waals surface area contributed by atoms with E-state index in [2.05, 4.69) is 20.6 Å². The van der Waals surface area contributed by atoms with Crippen molar-refractivity contribution in [2.24, 2.45) is 0 Å². The van der Waals surface area contributed by atoms with Crippen LogP contribution in [0.3, 0.4) is 0 Å². The quantitative estimate of drug-likeness (QED) is 0.907. The Hall–Kier alpha value is -2.31. The number of anilines is 1. The van der Waals surface area contributed by atoms with E-state index in [-0.39, 0.29) is 6.03 Å². The van der Waals surface area contributed by atoms with E-state index in [1.54, 1.807) is 17.1 Å². The molecule has 0 radical (unpaired) electrons. The molecule has 3 rings (SSSR count). The Labute approximate surface area is 123 Å². The second-order valence-electron chi connectivity index (χ2n) is 5.31. The molecule has 21 heavy (non-hydrogen) atoms. The van der Waals surface area contributed by atoms with E-state index in [4.69, 9.17) is 0 Å². The summed E-state index contributed by atoms with van der Waals surface area (Å²) in [6.07, 6.45) is 7.37. The highest BCUT2D eigenvalue weighted by molar-refractivity contribution is 5.89. The summed E-state index contributed by atoms with van der Waals surface area (Å²) in [7, 11) is 0. The highest BCUT2D eigenvalue weighted by atomic mass is 16.2. The number of carbonyl (C=O) groups is 1. The molecule has 0 aromatic carbocycles. The van der Waals surface area contributed by atoms with Crippen LogP contribution < -0.4 is 5.32 Å². The van der Waals surface area contributed by atoms with Crippen molar-refractivity contribution in [2.45, 2.75) is 32.2 Å². The Morgan fingerprint density at radius 1 is 1.57 bits per heavy atom. The second kappa shape index (κ2) is 5.99. The molecule has 1 aliphatic rings. The molecule has 7 nitrogen and oxygen atoms in total. The number of aromatic nitrogens is 4. The van der Waals surface area contributed by atoms with Crippen LogP contribution in [0.2, 0.25) is 0 Å². The summed E-state index contributed by atoms with van der Waals surface area (Å²) in [4.78, 5) is 14.2. The molecule has 2 amide bonds. The maximum absolute atomic E-state index is 12.3. The van der Waals surface area contributed by atoms with Crippen molar-refractivity contribution in [2.75, 3.05) is 18.4 Å². The van der Waals surface area contributed by atoms with Gasteiger partial charge in [-0.05, 0) is 25.8 Å². The number of urea groups is 1. The first-order valence-electron chi connectivity index (χ1n) is 7.34. The van der Waals surface area contributed by atoms with Crippen LogP contribution in [0.5, 0.6) is 0 Å². The Morgan fingerprint density at radius 2 is 2.48 bits per heavy atom. The summed E-state index contributed by atoms with van der Waals surface area (Å²) >= 11 is 0. The lowest BCUT2D eigenvalue weighted by atomic mass is 9.95. The Morgan fingerprint density at radius 3 is 3.19 bits per heavy atom. The minimum Gasteiger partial charge on any atom is -0.324 e. The predicted molar refractivity (Wildman–Crippen MR) is 79.1 cm³/mol. The van der Waals surface area contributed by atoms with Gasteiger partial charge in [0.2, 0.25) is 0 Å². The zero-order valence-corrected chi connectivity index (χ0v) is 12.1. The average Bonchev–Trinajstić information content (AvgIpc) is 3.18. The number of H-pyrrole nitrogens is 1. The molecule has 2 aromatic heterocycles. The number of piperidine rings is 1. The van der Waals surface area contributed by atoms with Crippen LogP contribution in [0.1, 0.15) is 31.4 Å². The molecule has 7 heteroatoms. The molecule has 0 unspecified atom stereocenters. The molecule has 0 bridgehead atoms. The van der Waals surface area contributed by atoms with E-state index in [9.17, 15) is 4.79 Å². The molecule has 1 atom stereocenters. The number of aromatic amines is 1. The van der Waals surface area contributed by atoms with Crippen molar-refractivity contribution >= 4 is 11.7 Å². The number of hydrogen-bond acceptors (Lipinski definition) is 3. The van der Waals surface area contributed by atoms with Crippen molar-refractivity contribution in [3.05, 3.63) is 30.4 Å². The minimum atomic E-state index is -0.0603. The lowest BCUT2D eigenvalue weighted by Gasteiger charge is -2.32. The highest BCUT2D eigenvalue weighted by Gasteiger charge is 2.25. The Bertz CT molecular complexity index is 590. The van der Waals surface area contributed by atoms with Crippen LogP contribution >= 0.6 is 0 Å². The van der Waals surface area contributed by atoms with Gasteiger partial charge < -0.3 is 10.2 Å². The van der Waals surface area contributed by atoms with E-state index in [0.29, 0.717) is 5.92 Å². The monoisotopic (exact) mass is 288 g/mol. The van der Waals surface area contributed by atoms with E-state index < -0.39 is 0 Å². The number of carbonyl (C=O) groups excluding carboxylic acids is 1. The molecule has 0 spiro atoms. The molecular formula is C14H20N6O. The standard InChI is InChI=1S/C14H20N6O/c1-2-20-10-12(8-16-20)17-14(21)19-7-3-4-11(9-19)13-5-6-15-18-13/h5-6,8,10-11H,2-4,7,9H2,1H3,(H,15,18)(H,17,21)/t11-/m1/s1. The van der Waals surface area contributed by atoms with Crippen LogP contribution in [0.15, 0.2) is 24.7 Å². The largest absolute Gasteiger partial charge is 0.324 e. The van der Waals surface area contributed by atoms with Gasteiger partial charge in [0.25, 0.3) is 0 Å². The van der Waals surface area contributed by atoms with Gasteiger partial charge in [0.05, 0.1) is 11.9 Å². The van der Waals surface area contributed by atoms with Crippen molar-refractivity contribution in [1.82, 2.24) is 24.9 Å². The fourth-order valence-electron chi connectivity index (χ4n) is 2.71. The van der Waals surface area contributed by atoms with Gasteiger partial charge in [0, 0.05) is 43.6 Å². The first-order chi connectivity index (χ1) is 10.3. The molecule has 2 aromatic rings. The van der Waals surface area contributed by atoms with Gasteiger partial charge in [-0.2, -0.15) is 10.2 Å². The lowest BCUT2D eigenvalue weighted by molar-refractivity contribution is 0.192. The number of amides is 2. The van der Waals surface area contributed by atoms with E-state index in [1.165, 1.54) is 0 Å². The molecule has 2 N–H and O–H groups in total. The van der Waals surface area contributed by atoms with Crippen molar-refractivity contribution in [1.29, 1.82) is 0 Å². The van der Waals surface area contributed by atoms with E-state index in [1.807, 2.05) is 24.1 Å². The molecule has 1 aliphatic heterocycles. The van der Waals surface area contributed by atoms with Gasteiger partial charge in [0.15, 0.2) is 0 Å². The van der Waals surface area contributed by atoms with E-state index >= 15 is 0 Å². The molecule has 1 fully saturated rings. The lowest BCUT2D eigenvalue weighted by Crippen LogP contribution is -2.41. The summed E-state index contributed by atoms with van der Waals surface area (Å²) in [6.45, 7) is 4.31. The number of nitrogens with zero attached hydrogens (tertiary/aromatic N) is 4. The fraction of sp³-hybridized carbons (Fsp3) is 0.500. The zero-order chi connectivity index (χ0) is 14.7. The third kappa shape index (κ3) is 3.07. The fourth-order valence-corrected chi connectivity index (χ4v) is 2.71. The maximum atomic E-state index is 12.3. The molecular weight excluding hydrogens is 268 g/mol. The van der Waals surface area contributed by atoms with Crippen LogP contribution in [-0.4, -0.2) is 44.0 Å². The van der Waals surface area contributed by atoms with Gasteiger partial charge >= 0.3 is 6.03 Å². The van der Waals surface area contributed by atoms with Gasteiger partial charge in [-0.15, -0.1) is 0 Å². The van der Waals surface area contributed by atoms with Crippen LogP contribution in [-0.2, 0) is 6.54 Å². The summed E-state index contributed by atoms with van der Waals surface area (Å²) < 4.78 is 1.79. The number of aryl methyl sites for hydroxylation is 1. The topological polar surface area (TPSA) is 78.8 Å². The number of hydrogen-bond donors (Lipinski definition) is 2. The van der Waals surface area contributed by atoms with E-state index in [0.717, 1.165) is 43.9 Å². The van der Waals surface area contributed by atoms with Crippen molar-refractivity contribution in [3.8, 4) is 0 Å². The second-order valence-corrected chi connectivity index (χ2v) is 5.31. The third-order valence-corrected chi connectivity index (χ3v) is 3.88. The van der Waals surface area contributed by atoms with Gasteiger partial charge in [0.1, 0.15) is 0 Å². The summed E-state index contributed by atoms with van der Waals surface area (Å²) in [5, 5.41) is 14.1. The van der Waals surface area contributed by atoms with Crippen molar-refractivity contribution < 1.29 is 4.79 Å². The minimum absolute atomic E-state index is 0.0603. The first-order valence-corrected chi connectivity index (χ1v) is 7.34. The zero-order valence-electron chi connectivity index (χ0n) is 12.1. The average molecular weight is 288 g/mol. The van der Waals surface area contributed by atoms with Crippen LogP contribution in [0, 0.1) is 0 Å². The molecule has 1 saturated heterocycles. The Balaban J connectivity index is 1.61. The van der Waals surface area contributed by atoms with Gasteiger partial charge in [-0.1, -0.05) is 0 Å². The predicted octanol–water partition coefficient (Wildman–Crippen LogP) is 2.04. The summed E-state index contributed by atoms with van der Waals surface area (Å²) in [6, 6.07) is 1.92. The SMILES string of the molecule is CCn1cc(NC(=O)N2CCC[C@@H](c3ccn[nH]3)C2)cn1. The molecule has 3 heterocycles. The molecule has 0 aliphatic carbocycles. The van der Waals surface area contributed by atoms with Crippen LogP contribution in [0.4, 0.5) is 10.5 Å². The number of likely N-dealkylation sites (tertiary alicyclic amines) is 1. The molecule has 112 valence electrons. The molecule has 0 saturated carbocycles. The summed E-state index contributed by atoms with van der Waals surface area (Å²) in [5.41, 5.74) is 1.84. The van der Waals surface area contributed by atoms with Gasteiger partial charge in [-0.3, -0.25) is 9.78 Å². The number of nitrogens with one attached hydrogen (secondary N) is 2. The first kappa shape index (κ1) is 13.7. The van der Waals surface area contributed by atoms with Crippen LogP contribution in [0.25, 0.3) is 0 Å². The normalized spacial score (nSPS) is 18.7. The smallest absolute Gasteiger partial charge is 0.321 e. The highest BCUT2D eigenvalue weighted by Crippen LogP contribution is 2.25. The third-order valence-electron chi connectivity index (χ3n) is 3.88. The Kier molecular flexibility index (Phi) is 3.89. The van der Waals surface area contributed by atoms with Gasteiger partial charge in [-0.25, -0.2) is 4.79 Å². The van der Waals surface area contributed by atoms with Crippen molar-refractivity contribution in [3.63, 3.8) is 0 Å². The maximum Gasteiger partial charge on any atom is 0.321 e. The number of rotatable bonds is 3.